The molecule has 0 unspecified atom stereocenters. The van der Waals surface area contributed by atoms with E-state index in [-0.39, 0.29) is 12.5 Å². The van der Waals surface area contributed by atoms with E-state index >= 15 is 0 Å². The smallest absolute Gasteiger partial charge is 0.231 e. The number of carbonyl (C=O) groups is 1. The minimum atomic E-state index is -0.339. The van der Waals surface area contributed by atoms with E-state index in [1.165, 1.54) is 0 Å². The van der Waals surface area contributed by atoms with E-state index in [0.29, 0.717) is 6.54 Å². The average Bonchev–Trinajstić information content (AvgIpc) is 2.99. The summed E-state index contributed by atoms with van der Waals surface area (Å²) >= 11 is 0. The molecule has 122 valence electrons. The van der Waals surface area contributed by atoms with Crippen molar-refractivity contribution in [1.29, 1.82) is 0 Å². The van der Waals surface area contributed by atoms with Crippen molar-refractivity contribution in [3.63, 3.8) is 0 Å². The van der Waals surface area contributed by atoms with E-state index in [2.05, 4.69) is 0 Å². The van der Waals surface area contributed by atoms with Crippen molar-refractivity contribution in [3.8, 4) is 16.9 Å². The van der Waals surface area contributed by atoms with Crippen LogP contribution in [-0.2, 0) is 11.3 Å². The predicted molar refractivity (Wildman–Crippen MR) is 94.5 cm³/mol. The van der Waals surface area contributed by atoms with Gasteiger partial charge in [-0.3, -0.25) is 9.69 Å². The summed E-state index contributed by atoms with van der Waals surface area (Å²) in [4.78, 5) is 13.0. The van der Waals surface area contributed by atoms with Gasteiger partial charge in [0.1, 0.15) is 0 Å². The van der Waals surface area contributed by atoms with Crippen molar-refractivity contribution >= 4 is 5.91 Å². The number of hydrogen-bond donors (Lipinski definition) is 1. The standard InChI is InChI=1S/C19H20N4O/c1-22(14-18(20)24)12-16-13-23(17-10-6-3-7-11-17)21-19(16)15-8-4-2-5-9-15/h2-11,13H,12,14H2,1H3,(H2,20,24). The fraction of sp³-hybridized carbons (Fsp3) is 0.158. The minimum Gasteiger partial charge on any atom is -0.369 e. The molecule has 0 bridgehead atoms. The van der Waals surface area contributed by atoms with Crippen LogP contribution in [0.5, 0.6) is 0 Å². The van der Waals surface area contributed by atoms with Gasteiger partial charge >= 0.3 is 0 Å². The zero-order valence-corrected chi connectivity index (χ0v) is 13.6. The number of likely N-dealkylation sites (N-methyl/N-ethyl adjacent to an activating group) is 1. The van der Waals surface area contributed by atoms with Gasteiger partial charge in [-0.05, 0) is 19.2 Å². The molecular formula is C19H20N4O. The minimum absolute atomic E-state index is 0.213. The van der Waals surface area contributed by atoms with Crippen LogP contribution < -0.4 is 5.73 Å². The van der Waals surface area contributed by atoms with E-state index < -0.39 is 0 Å². The Morgan fingerprint density at radius 3 is 2.33 bits per heavy atom. The van der Waals surface area contributed by atoms with Crippen LogP contribution in [-0.4, -0.2) is 34.2 Å². The molecule has 1 amide bonds. The van der Waals surface area contributed by atoms with Gasteiger partial charge in [0, 0.05) is 23.9 Å². The van der Waals surface area contributed by atoms with Crippen molar-refractivity contribution in [2.75, 3.05) is 13.6 Å². The average molecular weight is 320 g/mol. The summed E-state index contributed by atoms with van der Waals surface area (Å²) in [5.74, 6) is -0.339. The number of benzene rings is 2. The summed E-state index contributed by atoms with van der Waals surface area (Å²) < 4.78 is 1.87. The van der Waals surface area contributed by atoms with Gasteiger partial charge in [-0.25, -0.2) is 4.68 Å². The Morgan fingerprint density at radius 1 is 1.08 bits per heavy atom. The summed E-state index contributed by atoms with van der Waals surface area (Å²) in [6.07, 6.45) is 2.01. The molecule has 5 nitrogen and oxygen atoms in total. The third-order valence-electron chi connectivity index (χ3n) is 3.72. The molecule has 0 saturated heterocycles. The maximum absolute atomic E-state index is 11.1. The molecule has 0 aliphatic heterocycles. The highest BCUT2D eigenvalue weighted by atomic mass is 16.1. The summed E-state index contributed by atoms with van der Waals surface area (Å²) in [6, 6.07) is 20.0. The number of para-hydroxylation sites is 1. The largest absolute Gasteiger partial charge is 0.369 e. The number of primary amides is 1. The molecule has 3 rings (SSSR count). The quantitative estimate of drug-likeness (QED) is 0.759. The Balaban J connectivity index is 1.99. The zero-order chi connectivity index (χ0) is 16.9. The van der Waals surface area contributed by atoms with Crippen molar-refractivity contribution in [1.82, 2.24) is 14.7 Å². The van der Waals surface area contributed by atoms with Crippen LogP contribution in [0.15, 0.2) is 66.9 Å². The van der Waals surface area contributed by atoms with Crippen LogP contribution in [0.1, 0.15) is 5.56 Å². The summed E-state index contributed by atoms with van der Waals surface area (Å²) in [5.41, 5.74) is 9.30. The van der Waals surface area contributed by atoms with Gasteiger partial charge in [0.2, 0.25) is 5.91 Å². The Kier molecular flexibility index (Phi) is 4.72. The lowest BCUT2D eigenvalue weighted by Gasteiger charge is -2.14. The third-order valence-corrected chi connectivity index (χ3v) is 3.72. The number of carbonyl (C=O) groups excluding carboxylic acids is 1. The molecule has 0 radical (unpaired) electrons. The van der Waals surface area contributed by atoms with E-state index in [0.717, 1.165) is 22.5 Å². The first-order valence-electron chi connectivity index (χ1n) is 7.80. The molecule has 5 heteroatoms. The zero-order valence-electron chi connectivity index (χ0n) is 13.6. The van der Waals surface area contributed by atoms with Gasteiger partial charge in [0.05, 0.1) is 17.9 Å². The first-order valence-corrected chi connectivity index (χ1v) is 7.80. The lowest BCUT2D eigenvalue weighted by Crippen LogP contribution is -2.30. The van der Waals surface area contributed by atoms with Gasteiger partial charge in [-0.1, -0.05) is 48.5 Å². The third kappa shape index (κ3) is 3.70. The van der Waals surface area contributed by atoms with E-state index in [9.17, 15) is 4.79 Å². The summed E-state index contributed by atoms with van der Waals surface area (Å²) in [7, 11) is 1.87. The molecule has 3 aromatic rings. The maximum Gasteiger partial charge on any atom is 0.231 e. The Hall–Kier alpha value is -2.92. The van der Waals surface area contributed by atoms with Crippen molar-refractivity contribution in [2.45, 2.75) is 6.54 Å². The van der Waals surface area contributed by atoms with E-state index in [1.54, 1.807) is 0 Å². The number of rotatable bonds is 6. The van der Waals surface area contributed by atoms with Crippen LogP contribution in [0.3, 0.4) is 0 Å². The van der Waals surface area contributed by atoms with Gasteiger partial charge in [-0.15, -0.1) is 0 Å². The predicted octanol–water partition coefficient (Wildman–Crippen LogP) is 2.46. The second-order valence-corrected chi connectivity index (χ2v) is 5.79. The molecule has 0 saturated carbocycles. The van der Waals surface area contributed by atoms with Crippen LogP contribution >= 0.6 is 0 Å². The second-order valence-electron chi connectivity index (χ2n) is 5.79. The second kappa shape index (κ2) is 7.10. The van der Waals surface area contributed by atoms with Gasteiger partial charge in [-0.2, -0.15) is 5.10 Å². The van der Waals surface area contributed by atoms with Crippen LogP contribution in [0.25, 0.3) is 16.9 Å². The Labute approximate surface area is 141 Å². The number of nitrogens with zero attached hydrogens (tertiary/aromatic N) is 3. The summed E-state index contributed by atoms with van der Waals surface area (Å²) in [5, 5.41) is 4.76. The molecule has 1 heterocycles. The normalized spacial score (nSPS) is 10.9. The van der Waals surface area contributed by atoms with E-state index in [1.807, 2.05) is 83.5 Å². The number of hydrogen-bond acceptors (Lipinski definition) is 3. The van der Waals surface area contributed by atoms with Gasteiger partial charge in [0.25, 0.3) is 0 Å². The van der Waals surface area contributed by atoms with Crippen LogP contribution in [0.4, 0.5) is 0 Å². The fourth-order valence-corrected chi connectivity index (χ4v) is 2.69. The molecule has 0 aliphatic carbocycles. The summed E-state index contributed by atoms with van der Waals surface area (Å²) in [6.45, 7) is 0.810. The molecule has 24 heavy (non-hydrogen) atoms. The highest BCUT2D eigenvalue weighted by molar-refractivity contribution is 5.76. The topological polar surface area (TPSA) is 64.2 Å². The van der Waals surface area contributed by atoms with Gasteiger partial charge < -0.3 is 5.73 Å². The van der Waals surface area contributed by atoms with Crippen LogP contribution in [0, 0.1) is 0 Å². The number of amides is 1. The fourth-order valence-electron chi connectivity index (χ4n) is 2.69. The molecule has 1 aromatic heterocycles. The monoisotopic (exact) mass is 320 g/mol. The van der Waals surface area contributed by atoms with Crippen molar-refractivity contribution < 1.29 is 4.79 Å². The number of nitrogens with two attached hydrogens (primary N) is 1. The Bertz CT molecular complexity index is 812. The van der Waals surface area contributed by atoms with E-state index in [4.69, 9.17) is 10.8 Å². The molecule has 0 spiro atoms. The van der Waals surface area contributed by atoms with Crippen molar-refractivity contribution in [2.24, 2.45) is 5.73 Å². The highest BCUT2D eigenvalue weighted by Gasteiger charge is 2.14. The van der Waals surface area contributed by atoms with Gasteiger partial charge in [0.15, 0.2) is 0 Å². The van der Waals surface area contributed by atoms with Crippen LogP contribution in [0.2, 0.25) is 0 Å². The molecule has 2 N–H and O–H groups in total. The molecule has 0 aliphatic rings. The molecule has 2 aromatic carbocycles. The SMILES string of the molecule is CN(CC(N)=O)Cc1cn(-c2ccccc2)nc1-c1ccccc1. The van der Waals surface area contributed by atoms with Crippen molar-refractivity contribution in [3.05, 3.63) is 72.4 Å². The molecule has 0 atom stereocenters. The first-order chi connectivity index (χ1) is 11.6. The molecular weight excluding hydrogens is 300 g/mol. The highest BCUT2D eigenvalue weighted by Crippen LogP contribution is 2.24. The maximum atomic E-state index is 11.1. The lowest BCUT2D eigenvalue weighted by molar-refractivity contribution is -0.118. The molecule has 0 fully saturated rings. The lowest BCUT2D eigenvalue weighted by atomic mass is 10.1. The number of aromatic nitrogens is 2. The Morgan fingerprint density at radius 2 is 1.71 bits per heavy atom. The first kappa shape index (κ1) is 16.0.